The van der Waals surface area contributed by atoms with Gasteiger partial charge < -0.3 is 10.6 Å². The molecular weight excluding hydrogens is 258 g/mol. The maximum absolute atomic E-state index is 12.0. The molecule has 0 atom stereocenters. The van der Waals surface area contributed by atoms with Crippen LogP contribution >= 0.6 is 0 Å². The summed E-state index contributed by atoms with van der Waals surface area (Å²) in [6.07, 6.45) is 4.15. The van der Waals surface area contributed by atoms with Crippen LogP contribution in [0.25, 0.3) is 11.2 Å². The first-order chi connectivity index (χ1) is 9.79. The van der Waals surface area contributed by atoms with Crippen molar-refractivity contribution in [2.45, 2.75) is 18.9 Å². The summed E-state index contributed by atoms with van der Waals surface area (Å²) in [4.78, 5) is 31.3. The average Bonchev–Trinajstić information content (AvgIpc) is 2.85. The summed E-state index contributed by atoms with van der Waals surface area (Å²) < 4.78 is 1.77. The first-order valence-electron chi connectivity index (χ1n) is 6.62. The second-order valence-electron chi connectivity index (χ2n) is 4.54. The van der Waals surface area contributed by atoms with Gasteiger partial charge in [-0.2, -0.15) is 0 Å². The van der Waals surface area contributed by atoms with Gasteiger partial charge in [-0.1, -0.05) is 0 Å². The van der Waals surface area contributed by atoms with E-state index in [2.05, 4.69) is 15.7 Å². The molecule has 3 heterocycles. The molecule has 0 bridgehead atoms. The van der Waals surface area contributed by atoms with Gasteiger partial charge in [0.05, 0.1) is 5.52 Å². The van der Waals surface area contributed by atoms with Crippen LogP contribution in [-0.4, -0.2) is 46.0 Å². The highest BCUT2D eigenvalue weighted by Crippen LogP contribution is 2.23. The summed E-state index contributed by atoms with van der Waals surface area (Å²) in [5.74, 6) is 0. The Morgan fingerprint density at radius 2 is 2.10 bits per heavy atom. The van der Waals surface area contributed by atoms with Crippen molar-refractivity contribution in [2.75, 3.05) is 20.1 Å². The Morgan fingerprint density at radius 1 is 1.40 bits per heavy atom. The van der Waals surface area contributed by atoms with Crippen molar-refractivity contribution in [3.8, 4) is 0 Å². The third-order valence-electron chi connectivity index (χ3n) is 3.50. The Labute approximate surface area is 116 Å². The van der Waals surface area contributed by atoms with E-state index in [4.69, 9.17) is 0 Å². The molecule has 3 rings (SSSR count). The van der Waals surface area contributed by atoms with Gasteiger partial charge >= 0.3 is 5.69 Å². The number of aromatic nitrogens is 3. The fraction of sp³-hybridized carbons (Fsp3) is 0.462. The number of rotatable bonds is 2. The molecule has 0 radical (unpaired) electrons. The van der Waals surface area contributed by atoms with Crippen molar-refractivity contribution in [1.82, 2.24) is 19.4 Å². The molecule has 0 aliphatic carbocycles. The number of H-pyrrole nitrogens is 1. The highest BCUT2D eigenvalue weighted by atomic mass is 16.1. The molecule has 7 nitrogen and oxygen atoms in total. The van der Waals surface area contributed by atoms with Gasteiger partial charge in [0.15, 0.2) is 5.65 Å². The van der Waals surface area contributed by atoms with Gasteiger partial charge in [-0.3, -0.25) is 14.3 Å². The second-order valence-corrected chi connectivity index (χ2v) is 4.54. The maximum Gasteiger partial charge on any atom is 0.327 e. The minimum atomic E-state index is -0.117. The molecule has 0 spiro atoms. The number of hydrogen-bond donors (Lipinski definition) is 2. The number of carbonyl (C=O) groups excluding carboxylic acids is 1. The highest BCUT2D eigenvalue weighted by Gasteiger charge is 2.22. The molecule has 1 amide bonds. The predicted octanol–water partition coefficient (Wildman–Crippen LogP) is 0.0928. The zero-order valence-electron chi connectivity index (χ0n) is 11.5. The average molecular weight is 277 g/mol. The third-order valence-corrected chi connectivity index (χ3v) is 3.50. The van der Waals surface area contributed by atoms with E-state index in [9.17, 15) is 9.59 Å². The van der Waals surface area contributed by atoms with Crippen molar-refractivity contribution in [2.24, 2.45) is 5.73 Å². The number of aromatic amines is 1. The summed E-state index contributed by atoms with van der Waals surface area (Å²) >= 11 is 0. The van der Waals surface area contributed by atoms with E-state index in [1.54, 1.807) is 15.7 Å². The zero-order valence-corrected chi connectivity index (χ0v) is 11.5. The summed E-state index contributed by atoms with van der Waals surface area (Å²) in [6, 6.07) is 3.87. The van der Waals surface area contributed by atoms with E-state index in [1.807, 2.05) is 12.1 Å². The minimum absolute atomic E-state index is 0.117. The summed E-state index contributed by atoms with van der Waals surface area (Å²) in [5, 5.41) is 0. The fourth-order valence-electron chi connectivity index (χ4n) is 2.57. The Bertz CT molecular complexity index is 625. The van der Waals surface area contributed by atoms with Crippen molar-refractivity contribution >= 4 is 17.6 Å². The van der Waals surface area contributed by atoms with Crippen molar-refractivity contribution in [3.63, 3.8) is 0 Å². The van der Waals surface area contributed by atoms with Crippen LogP contribution < -0.4 is 11.4 Å². The molecular formula is C13H19N5O2. The summed E-state index contributed by atoms with van der Waals surface area (Å²) in [6.45, 7) is 1.40. The lowest BCUT2D eigenvalue weighted by atomic mass is 10.1. The Balaban J connectivity index is 0.000000704. The number of piperidine rings is 1. The van der Waals surface area contributed by atoms with Crippen molar-refractivity contribution in [3.05, 3.63) is 28.8 Å². The van der Waals surface area contributed by atoms with Gasteiger partial charge in [0.1, 0.15) is 0 Å². The van der Waals surface area contributed by atoms with E-state index in [-0.39, 0.29) is 11.7 Å². The molecule has 3 N–H and O–H groups in total. The largest absolute Gasteiger partial charge is 0.345 e. The van der Waals surface area contributed by atoms with Gasteiger partial charge in [-0.05, 0) is 32.0 Å². The first kappa shape index (κ1) is 14.3. The Morgan fingerprint density at radius 3 is 2.75 bits per heavy atom. The summed E-state index contributed by atoms with van der Waals surface area (Å²) in [5.41, 5.74) is 5.85. The molecule has 2 aromatic heterocycles. The van der Waals surface area contributed by atoms with Gasteiger partial charge in [0.25, 0.3) is 0 Å². The number of nitrogens with one attached hydrogen (secondary N) is 1. The van der Waals surface area contributed by atoms with E-state index in [0.29, 0.717) is 18.7 Å². The molecule has 1 fully saturated rings. The number of likely N-dealkylation sites (tertiary alicyclic amines) is 1. The lowest BCUT2D eigenvalue weighted by Crippen LogP contribution is -2.36. The van der Waals surface area contributed by atoms with Crippen LogP contribution in [0.1, 0.15) is 18.9 Å². The molecule has 0 aromatic carbocycles. The Kier molecular flexibility index (Phi) is 4.52. The van der Waals surface area contributed by atoms with Gasteiger partial charge in [0.2, 0.25) is 6.41 Å². The van der Waals surface area contributed by atoms with Gasteiger partial charge in [-0.25, -0.2) is 9.78 Å². The molecule has 108 valence electrons. The number of hydrogen-bond acceptors (Lipinski definition) is 4. The normalized spacial score (nSPS) is 15.8. The lowest BCUT2D eigenvalue weighted by Gasteiger charge is -2.29. The molecule has 0 saturated carbocycles. The fourth-order valence-corrected chi connectivity index (χ4v) is 2.57. The second kappa shape index (κ2) is 6.33. The number of nitrogens with zero attached hydrogens (tertiary/aromatic N) is 3. The van der Waals surface area contributed by atoms with Crippen molar-refractivity contribution in [1.29, 1.82) is 0 Å². The summed E-state index contributed by atoms with van der Waals surface area (Å²) in [7, 11) is 1.50. The molecule has 1 saturated heterocycles. The van der Waals surface area contributed by atoms with Crippen LogP contribution in [0.2, 0.25) is 0 Å². The maximum atomic E-state index is 12.0. The predicted molar refractivity (Wildman–Crippen MR) is 76.4 cm³/mol. The third kappa shape index (κ3) is 2.57. The number of pyridine rings is 1. The van der Waals surface area contributed by atoms with Gasteiger partial charge in [0, 0.05) is 25.3 Å². The van der Waals surface area contributed by atoms with E-state index >= 15 is 0 Å². The minimum Gasteiger partial charge on any atom is -0.345 e. The van der Waals surface area contributed by atoms with Crippen LogP contribution in [0.15, 0.2) is 23.1 Å². The van der Waals surface area contributed by atoms with Gasteiger partial charge in [-0.15, -0.1) is 0 Å². The highest BCUT2D eigenvalue weighted by molar-refractivity contribution is 5.70. The molecule has 7 heteroatoms. The lowest BCUT2D eigenvalue weighted by molar-refractivity contribution is -0.119. The van der Waals surface area contributed by atoms with Crippen LogP contribution in [0, 0.1) is 0 Å². The topological polar surface area (TPSA) is 97.0 Å². The monoisotopic (exact) mass is 277 g/mol. The smallest absolute Gasteiger partial charge is 0.327 e. The van der Waals surface area contributed by atoms with Crippen LogP contribution in [0.5, 0.6) is 0 Å². The molecule has 0 unspecified atom stereocenters. The molecule has 1 aliphatic rings. The molecule has 1 aliphatic heterocycles. The van der Waals surface area contributed by atoms with Crippen LogP contribution in [0.3, 0.4) is 0 Å². The number of amides is 1. The first-order valence-corrected chi connectivity index (χ1v) is 6.62. The Hall–Kier alpha value is -2.15. The number of fused-ring (bicyclic) bond motifs is 1. The zero-order chi connectivity index (χ0) is 14.5. The number of imidazole rings is 1. The standard InChI is InChI=1S/C12H14N4O2.CH5N/c17-8-15-6-3-9(4-7-15)16-10-2-1-5-13-11(10)14-12(16)18;1-2/h1-2,5,8-9H,3-4,6-7H2,(H,13,14,18);2H2,1H3. The SMILES string of the molecule is CN.O=CN1CCC(n2c(=O)[nH]c3ncccc32)CC1. The molecule has 2 aromatic rings. The van der Waals surface area contributed by atoms with Crippen LogP contribution in [0.4, 0.5) is 0 Å². The van der Waals surface area contributed by atoms with E-state index < -0.39 is 0 Å². The van der Waals surface area contributed by atoms with E-state index in [1.165, 1.54) is 7.05 Å². The van der Waals surface area contributed by atoms with Crippen molar-refractivity contribution < 1.29 is 4.79 Å². The van der Waals surface area contributed by atoms with Crippen LogP contribution in [-0.2, 0) is 4.79 Å². The van der Waals surface area contributed by atoms with E-state index in [0.717, 1.165) is 24.8 Å². The number of carbonyl (C=O) groups is 1. The quantitative estimate of drug-likeness (QED) is 0.760. The number of nitrogens with two attached hydrogens (primary N) is 1. The molecule has 20 heavy (non-hydrogen) atoms.